The Bertz CT molecular complexity index is 501. The third-order valence-corrected chi connectivity index (χ3v) is 4.31. The molecule has 2 heterocycles. The molecule has 0 spiro atoms. The Morgan fingerprint density at radius 2 is 2.16 bits per heavy atom. The van der Waals surface area contributed by atoms with Crippen LogP contribution in [0.25, 0.3) is 0 Å². The Morgan fingerprint density at radius 3 is 2.89 bits per heavy atom. The van der Waals surface area contributed by atoms with E-state index in [0.29, 0.717) is 11.6 Å². The number of hydrogen-bond acceptors (Lipinski definition) is 4. The van der Waals surface area contributed by atoms with Gasteiger partial charge in [0.15, 0.2) is 5.78 Å². The maximum atomic E-state index is 11.3. The number of anilines is 1. The summed E-state index contributed by atoms with van der Waals surface area (Å²) in [4.78, 5) is 16.2. The lowest BCUT2D eigenvalue weighted by Gasteiger charge is -2.38. The Labute approximate surface area is 113 Å². The number of carbonyl (C=O) groups is 1. The molecule has 4 nitrogen and oxygen atoms in total. The molecule has 102 valence electrons. The molecule has 0 aromatic heterocycles. The second-order valence-corrected chi connectivity index (χ2v) is 5.54. The van der Waals surface area contributed by atoms with Crippen LogP contribution in [0.5, 0.6) is 5.75 Å². The van der Waals surface area contributed by atoms with Crippen molar-refractivity contribution in [3.63, 3.8) is 0 Å². The van der Waals surface area contributed by atoms with Crippen molar-refractivity contribution >= 4 is 11.5 Å². The molecule has 2 aliphatic rings. The van der Waals surface area contributed by atoms with E-state index in [1.165, 1.54) is 26.3 Å². The largest absolute Gasteiger partial charge is 0.507 e. The van der Waals surface area contributed by atoms with E-state index in [2.05, 4.69) is 9.80 Å². The van der Waals surface area contributed by atoms with Crippen LogP contribution >= 0.6 is 0 Å². The van der Waals surface area contributed by atoms with Crippen molar-refractivity contribution in [3.05, 3.63) is 23.8 Å². The van der Waals surface area contributed by atoms with Crippen LogP contribution in [0.4, 0.5) is 5.69 Å². The fraction of sp³-hybridized carbons (Fsp3) is 0.533. The predicted octanol–water partition coefficient (Wildman–Crippen LogP) is 1.88. The van der Waals surface area contributed by atoms with Gasteiger partial charge in [0, 0.05) is 37.4 Å². The Kier molecular flexibility index (Phi) is 3.19. The van der Waals surface area contributed by atoms with Gasteiger partial charge in [0.25, 0.3) is 0 Å². The lowest BCUT2D eigenvalue weighted by molar-refractivity contribution is 0.101. The number of fused-ring (bicyclic) bond motifs is 1. The van der Waals surface area contributed by atoms with Gasteiger partial charge < -0.3 is 10.0 Å². The van der Waals surface area contributed by atoms with Gasteiger partial charge >= 0.3 is 0 Å². The number of benzene rings is 1. The third-order valence-electron chi connectivity index (χ3n) is 4.31. The normalized spacial score (nSPS) is 23.4. The molecule has 1 unspecified atom stereocenters. The number of hydrogen-bond donors (Lipinski definition) is 1. The van der Waals surface area contributed by atoms with Gasteiger partial charge in [0.1, 0.15) is 5.75 Å². The average molecular weight is 260 g/mol. The summed E-state index contributed by atoms with van der Waals surface area (Å²) in [5, 5.41) is 9.92. The molecular weight excluding hydrogens is 240 g/mol. The molecule has 1 N–H and O–H groups in total. The smallest absolute Gasteiger partial charge is 0.163 e. The molecule has 4 heteroatoms. The number of ketones is 1. The molecule has 0 radical (unpaired) electrons. The van der Waals surface area contributed by atoms with Crippen LogP contribution < -0.4 is 4.90 Å². The van der Waals surface area contributed by atoms with Crippen LogP contribution in [-0.2, 0) is 0 Å². The SMILES string of the molecule is CC(=O)c1ccc(N2CCN3CCCC3C2)cc1O. The molecule has 3 rings (SSSR count). The first-order chi connectivity index (χ1) is 9.15. The van der Waals surface area contributed by atoms with E-state index < -0.39 is 0 Å². The maximum Gasteiger partial charge on any atom is 0.163 e. The minimum Gasteiger partial charge on any atom is -0.507 e. The highest BCUT2D eigenvalue weighted by atomic mass is 16.3. The van der Waals surface area contributed by atoms with Gasteiger partial charge in [0.2, 0.25) is 0 Å². The van der Waals surface area contributed by atoms with Crippen LogP contribution in [-0.4, -0.2) is 48.0 Å². The summed E-state index contributed by atoms with van der Waals surface area (Å²) in [6.07, 6.45) is 2.57. The Morgan fingerprint density at radius 1 is 1.32 bits per heavy atom. The standard InChI is InChI=1S/C15H20N2O2/c1-11(18)14-5-4-12(9-15(14)19)17-8-7-16-6-2-3-13(16)10-17/h4-5,9,13,19H,2-3,6-8,10H2,1H3. The molecule has 2 fully saturated rings. The minimum absolute atomic E-state index is 0.0929. The molecule has 2 aliphatic heterocycles. The van der Waals surface area contributed by atoms with Crippen molar-refractivity contribution in [3.8, 4) is 5.75 Å². The molecule has 1 atom stereocenters. The van der Waals surface area contributed by atoms with Gasteiger partial charge in [-0.2, -0.15) is 0 Å². The first kappa shape index (κ1) is 12.5. The van der Waals surface area contributed by atoms with Gasteiger partial charge in [-0.25, -0.2) is 0 Å². The lowest BCUT2D eigenvalue weighted by atomic mass is 10.1. The summed E-state index contributed by atoms with van der Waals surface area (Å²) in [7, 11) is 0. The van der Waals surface area contributed by atoms with E-state index in [0.717, 1.165) is 25.3 Å². The number of rotatable bonds is 2. The number of Topliss-reactive ketones (excluding diaryl/α,β-unsaturated/α-hetero) is 1. The van der Waals surface area contributed by atoms with E-state index in [1.807, 2.05) is 6.07 Å². The molecule has 1 aromatic rings. The van der Waals surface area contributed by atoms with Gasteiger partial charge in [-0.15, -0.1) is 0 Å². The maximum absolute atomic E-state index is 11.3. The summed E-state index contributed by atoms with van der Waals surface area (Å²) in [5.74, 6) is 0.00325. The van der Waals surface area contributed by atoms with Crippen molar-refractivity contribution in [1.82, 2.24) is 4.90 Å². The molecule has 1 aromatic carbocycles. The first-order valence-electron chi connectivity index (χ1n) is 6.98. The van der Waals surface area contributed by atoms with E-state index in [9.17, 15) is 9.90 Å². The second-order valence-electron chi connectivity index (χ2n) is 5.54. The number of phenolic OH excluding ortho intramolecular Hbond substituents is 1. The molecule has 2 saturated heterocycles. The lowest BCUT2D eigenvalue weighted by Crippen LogP contribution is -2.50. The molecule has 0 amide bonds. The van der Waals surface area contributed by atoms with Crippen LogP contribution in [0.3, 0.4) is 0 Å². The van der Waals surface area contributed by atoms with E-state index in [4.69, 9.17) is 0 Å². The zero-order chi connectivity index (χ0) is 13.4. The fourth-order valence-electron chi connectivity index (χ4n) is 3.24. The van der Waals surface area contributed by atoms with Gasteiger partial charge in [0.05, 0.1) is 5.56 Å². The summed E-state index contributed by atoms with van der Waals surface area (Å²) in [5.41, 5.74) is 1.43. The number of nitrogens with zero attached hydrogens (tertiary/aromatic N) is 2. The molecular formula is C15H20N2O2. The summed E-state index contributed by atoms with van der Waals surface area (Å²) < 4.78 is 0. The van der Waals surface area contributed by atoms with Crippen molar-refractivity contribution in [2.75, 3.05) is 31.1 Å². The van der Waals surface area contributed by atoms with Crippen LogP contribution in [0.2, 0.25) is 0 Å². The quantitative estimate of drug-likeness (QED) is 0.825. The highest BCUT2D eigenvalue weighted by Gasteiger charge is 2.30. The Hall–Kier alpha value is -1.55. The van der Waals surface area contributed by atoms with Crippen LogP contribution in [0.15, 0.2) is 18.2 Å². The third kappa shape index (κ3) is 2.32. The number of piperazine rings is 1. The highest BCUT2D eigenvalue weighted by Crippen LogP contribution is 2.29. The zero-order valence-electron chi connectivity index (χ0n) is 11.3. The molecule has 0 saturated carbocycles. The van der Waals surface area contributed by atoms with E-state index >= 15 is 0 Å². The van der Waals surface area contributed by atoms with Crippen molar-refractivity contribution in [1.29, 1.82) is 0 Å². The number of phenols is 1. The fourth-order valence-corrected chi connectivity index (χ4v) is 3.24. The van der Waals surface area contributed by atoms with E-state index in [-0.39, 0.29) is 11.5 Å². The average Bonchev–Trinajstić information content (AvgIpc) is 2.85. The zero-order valence-corrected chi connectivity index (χ0v) is 11.3. The summed E-state index contributed by atoms with van der Waals surface area (Å²) in [6.45, 7) is 5.83. The minimum atomic E-state index is -0.0929. The van der Waals surface area contributed by atoms with Crippen molar-refractivity contribution in [2.45, 2.75) is 25.8 Å². The topological polar surface area (TPSA) is 43.8 Å². The summed E-state index contributed by atoms with van der Waals surface area (Å²) >= 11 is 0. The van der Waals surface area contributed by atoms with Crippen LogP contribution in [0, 0.1) is 0 Å². The van der Waals surface area contributed by atoms with Gasteiger partial charge in [-0.1, -0.05) is 0 Å². The van der Waals surface area contributed by atoms with Gasteiger partial charge in [-0.3, -0.25) is 9.69 Å². The van der Waals surface area contributed by atoms with Crippen LogP contribution in [0.1, 0.15) is 30.1 Å². The predicted molar refractivity (Wildman–Crippen MR) is 74.9 cm³/mol. The molecule has 0 bridgehead atoms. The van der Waals surface area contributed by atoms with Crippen molar-refractivity contribution < 1.29 is 9.90 Å². The number of carbonyl (C=O) groups excluding carboxylic acids is 1. The summed E-state index contributed by atoms with van der Waals surface area (Å²) in [6, 6.07) is 6.06. The molecule has 19 heavy (non-hydrogen) atoms. The molecule has 0 aliphatic carbocycles. The monoisotopic (exact) mass is 260 g/mol. The Balaban J connectivity index is 1.79. The number of aromatic hydroxyl groups is 1. The second kappa shape index (κ2) is 4.85. The van der Waals surface area contributed by atoms with E-state index in [1.54, 1.807) is 12.1 Å². The highest BCUT2D eigenvalue weighted by molar-refractivity contribution is 5.97. The van der Waals surface area contributed by atoms with Gasteiger partial charge in [-0.05, 0) is 38.4 Å². The van der Waals surface area contributed by atoms with Crippen molar-refractivity contribution in [2.24, 2.45) is 0 Å². The first-order valence-corrected chi connectivity index (χ1v) is 6.98.